The molecule has 4 N–H and O–H groups in total. The molecule has 7 nitrogen and oxygen atoms in total. The minimum absolute atomic E-state index is 0.0926. The zero-order valence-corrected chi connectivity index (χ0v) is 13.1. The van der Waals surface area contributed by atoms with Gasteiger partial charge in [0.05, 0.1) is 0 Å². The zero-order valence-electron chi connectivity index (χ0n) is 13.1. The Balaban J connectivity index is 1.98. The first kappa shape index (κ1) is 17.4. The van der Waals surface area contributed by atoms with Crippen LogP contribution < -0.4 is 11.5 Å². The molecule has 0 aromatic carbocycles. The Hall–Kier alpha value is -2.97. The molecule has 0 saturated carbocycles. The van der Waals surface area contributed by atoms with Crippen molar-refractivity contribution in [3.63, 3.8) is 0 Å². The standard InChI is InChI=1S/C15H16F2N4O3/c1-7-3-20-13(18)11(16)9(7)5-23-15(22)24-6-10-8(2)4-21-14(19)12(10)17/h3-4H,5-6H2,1-2H3,(H2,18,20)(H2,19,21). The summed E-state index contributed by atoms with van der Waals surface area (Å²) in [6.45, 7) is 2.42. The lowest BCUT2D eigenvalue weighted by atomic mass is 10.1. The van der Waals surface area contributed by atoms with Crippen LogP contribution in [0.15, 0.2) is 12.4 Å². The number of nitrogen functional groups attached to an aromatic ring is 2. The van der Waals surface area contributed by atoms with E-state index in [9.17, 15) is 13.6 Å². The highest BCUT2D eigenvalue weighted by molar-refractivity contribution is 5.60. The molecule has 2 heterocycles. The second-order valence-electron chi connectivity index (χ2n) is 5.07. The van der Waals surface area contributed by atoms with Crippen LogP contribution in [-0.4, -0.2) is 16.1 Å². The van der Waals surface area contributed by atoms with Crippen molar-refractivity contribution in [3.8, 4) is 0 Å². The Morgan fingerprint density at radius 1 is 0.958 bits per heavy atom. The number of aryl methyl sites for hydroxylation is 2. The highest BCUT2D eigenvalue weighted by Gasteiger charge is 2.16. The van der Waals surface area contributed by atoms with Crippen molar-refractivity contribution in [1.82, 2.24) is 9.97 Å². The molecule has 0 spiro atoms. The van der Waals surface area contributed by atoms with Gasteiger partial charge in [-0.3, -0.25) is 0 Å². The summed E-state index contributed by atoms with van der Waals surface area (Å²) in [5.41, 5.74) is 11.8. The van der Waals surface area contributed by atoms with Crippen LogP contribution in [0, 0.1) is 25.5 Å². The topological polar surface area (TPSA) is 113 Å². The van der Waals surface area contributed by atoms with E-state index in [1.54, 1.807) is 13.8 Å². The number of halogens is 2. The number of hydrogen-bond acceptors (Lipinski definition) is 7. The third-order valence-corrected chi connectivity index (χ3v) is 3.39. The maximum Gasteiger partial charge on any atom is 0.508 e. The molecule has 0 fully saturated rings. The molecule has 0 aliphatic rings. The van der Waals surface area contributed by atoms with Gasteiger partial charge in [0.25, 0.3) is 0 Å². The molecule has 0 saturated heterocycles. The van der Waals surface area contributed by atoms with Crippen LogP contribution in [-0.2, 0) is 22.7 Å². The quantitative estimate of drug-likeness (QED) is 0.823. The summed E-state index contributed by atoms with van der Waals surface area (Å²) >= 11 is 0. The average molecular weight is 338 g/mol. The van der Waals surface area contributed by atoms with Crippen LogP contribution >= 0.6 is 0 Å². The van der Waals surface area contributed by atoms with E-state index in [0.29, 0.717) is 11.1 Å². The first-order valence-electron chi connectivity index (χ1n) is 6.89. The van der Waals surface area contributed by atoms with Gasteiger partial charge in [0.1, 0.15) is 13.2 Å². The van der Waals surface area contributed by atoms with Crippen LogP contribution in [0.25, 0.3) is 0 Å². The summed E-state index contributed by atoms with van der Waals surface area (Å²) in [7, 11) is 0. The SMILES string of the molecule is Cc1cnc(N)c(F)c1COC(=O)OCc1c(C)cnc(N)c1F. The van der Waals surface area contributed by atoms with Crippen molar-refractivity contribution in [2.75, 3.05) is 11.5 Å². The molecule has 0 amide bonds. The van der Waals surface area contributed by atoms with E-state index >= 15 is 0 Å². The van der Waals surface area contributed by atoms with E-state index in [2.05, 4.69) is 9.97 Å². The van der Waals surface area contributed by atoms with Gasteiger partial charge in [-0.25, -0.2) is 23.5 Å². The zero-order chi connectivity index (χ0) is 17.9. The van der Waals surface area contributed by atoms with Crippen molar-refractivity contribution in [3.05, 3.63) is 46.3 Å². The number of ether oxygens (including phenoxy) is 2. The number of hydrogen-bond donors (Lipinski definition) is 2. The third kappa shape index (κ3) is 3.67. The number of aromatic nitrogens is 2. The van der Waals surface area contributed by atoms with Gasteiger partial charge < -0.3 is 20.9 Å². The van der Waals surface area contributed by atoms with Gasteiger partial charge in [-0.15, -0.1) is 0 Å². The summed E-state index contributed by atoms with van der Waals surface area (Å²) in [6.07, 6.45) is 1.64. The normalized spacial score (nSPS) is 10.5. The molecule has 0 radical (unpaired) electrons. The predicted octanol–water partition coefficient (Wildman–Crippen LogP) is 2.39. The molecule has 2 aromatic heterocycles. The molecule has 128 valence electrons. The van der Waals surface area contributed by atoms with Crippen molar-refractivity contribution in [2.45, 2.75) is 27.1 Å². The number of nitrogens with zero attached hydrogens (tertiary/aromatic N) is 2. The van der Waals surface area contributed by atoms with Crippen molar-refractivity contribution in [2.24, 2.45) is 0 Å². The summed E-state index contributed by atoms with van der Waals surface area (Å²) in [5.74, 6) is -2.10. The fourth-order valence-corrected chi connectivity index (χ4v) is 1.92. The van der Waals surface area contributed by atoms with E-state index in [0.717, 1.165) is 0 Å². The Labute approximate surface area is 136 Å². The monoisotopic (exact) mass is 338 g/mol. The summed E-state index contributed by atoms with van der Waals surface area (Å²) in [5, 5.41) is 0. The van der Waals surface area contributed by atoms with Gasteiger partial charge in [-0.1, -0.05) is 0 Å². The molecule has 0 aliphatic carbocycles. The first-order chi connectivity index (χ1) is 11.3. The van der Waals surface area contributed by atoms with Gasteiger partial charge in [-0.05, 0) is 25.0 Å². The lowest BCUT2D eigenvalue weighted by molar-refractivity contribution is 0.0431. The molecule has 24 heavy (non-hydrogen) atoms. The van der Waals surface area contributed by atoms with Gasteiger partial charge in [0.15, 0.2) is 23.3 Å². The summed E-state index contributed by atoms with van der Waals surface area (Å²) < 4.78 is 37.3. The summed E-state index contributed by atoms with van der Waals surface area (Å²) in [6, 6.07) is 0. The van der Waals surface area contributed by atoms with Crippen LogP contribution in [0.1, 0.15) is 22.3 Å². The number of pyridine rings is 2. The number of rotatable bonds is 4. The second kappa shape index (κ2) is 7.07. The number of anilines is 2. The molecule has 2 aromatic rings. The fraction of sp³-hybridized carbons (Fsp3) is 0.267. The van der Waals surface area contributed by atoms with Crippen LogP contribution in [0.3, 0.4) is 0 Å². The predicted molar refractivity (Wildman–Crippen MR) is 81.7 cm³/mol. The largest absolute Gasteiger partial charge is 0.508 e. The molecule has 0 atom stereocenters. The van der Waals surface area contributed by atoms with E-state index in [1.807, 2.05) is 0 Å². The molecular formula is C15H16F2N4O3. The number of carbonyl (C=O) groups is 1. The molecule has 0 aliphatic heterocycles. The maximum atomic E-state index is 13.8. The summed E-state index contributed by atoms with van der Waals surface area (Å²) in [4.78, 5) is 18.9. The van der Waals surface area contributed by atoms with Crippen LogP contribution in [0.5, 0.6) is 0 Å². The van der Waals surface area contributed by atoms with E-state index < -0.39 is 17.8 Å². The van der Waals surface area contributed by atoms with Gasteiger partial charge >= 0.3 is 6.16 Å². The minimum atomic E-state index is -1.08. The second-order valence-corrected chi connectivity index (χ2v) is 5.07. The molecular weight excluding hydrogens is 322 g/mol. The van der Waals surface area contributed by atoms with E-state index in [-0.39, 0.29) is 36.0 Å². The minimum Gasteiger partial charge on any atom is -0.429 e. The van der Waals surface area contributed by atoms with Gasteiger partial charge in [0, 0.05) is 23.5 Å². The van der Waals surface area contributed by atoms with Crippen LogP contribution in [0.4, 0.5) is 25.2 Å². The first-order valence-corrected chi connectivity index (χ1v) is 6.89. The number of nitrogens with two attached hydrogens (primary N) is 2. The number of carbonyl (C=O) groups excluding carboxylic acids is 1. The van der Waals surface area contributed by atoms with Crippen molar-refractivity contribution in [1.29, 1.82) is 0 Å². The highest BCUT2D eigenvalue weighted by atomic mass is 19.1. The Kier molecular flexibility index (Phi) is 5.12. The lowest BCUT2D eigenvalue weighted by Crippen LogP contribution is -2.12. The fourth-order valence-electron chi connectivity index (χ4n) is 1.92. The molecule has 0 bridgehead atoms. The van der Waals surface area contributed by atoms with Gasteiger partial charge in [0.2, 0.25) is 0 Å². The Morgan fingerprint density at radius 2 is 1.33 bits per heavy atom. The Morgan fingerprint density at radius 3 is 1.71 bits per heavy atom. The van der Waals surface area contributed by atoms with Gasteiger partial charge in [-0.2, -0.15) is 0 Å². The molecule has 0 unspecified atom stereocenters. The van der Waals surface area contributed by atoms with Crippen molar-refractivity contribution >= 4 is 17.8 Å². The molecule has 9 heteroatoms. The average Bonchev–Trinajstić information content (AvgIpc) is 2.54. The highest BCUT2D eigenvalue weighted by Crippen LogP contribution is 2.19. The van der Waals surface area contributed by atoms with Crippen molar-refractivity contribution < 1.29 is 23.0 Å². The van der Waals surface area contributed by atoms with Crippen LogP contribution in [0.2, 0.25) is 0 Å². The lowest BCUT2D eigenvalue weighted by Gasteiger charge is -2.11. The van der Waals surface area contributed by atoms with E-state index in [4.69, 9.17) is 20.9 Å². The smallest absolute Gasteiger partial charge is 0.429 e. The van der Waals surface area contributed by atoms with E-state index in [1.165, 1.54) is 12.4 Å². The molecule has 2 rings (SSSR count). The maximum absolute atomic E-state index is 13.8. The third-order valence-electron chi connectivity index (χ3n) is 3.39. The Bertz CT molecular complexity index is 720.